The number of piperidine rings is 1. The number of hydrogen-bond donors (Lipinski definition) is 1. The molecular weight excluding hydrogens is 308 g/mol. The summed E-state index contributed by atoms with van der Waals surface area (Å²) in [6.07, 6.45) is 3.97. The quantitative estimate of drug-likeness (QED) is 0.783. The summed E-state index contributed by atoms with van der Waals surface area (Å²) < 4.78 is 0. The van der Waals surface area contributed by atoms with Gasteiger partial charge in [-0.1, -0.05) is 60.7 Å². The number of benzene rings is 2. The van der Waals surface area contributed by atoms with Crippen LogP contribution in [-0.2, 0) is 17.8 Å². The summed E-state index contributed by atoms with van der Waals surface area (Å²) in [5, 5.41) is 3.13. The zero-order valence-electron chi connectivity index (χ0n) is 14.9. The van der Waals surface area contributed by atoms with Gasteiger partial charge in [0.1, 0.15) is 0 Å². The van der Waals surface area contributed by atoms with Gasteiger partial charge in [-0.3, -0.25) is 9.69 Å². The van der Waals surface area contributed by atoms with Gasteiger partial charge in [-0.25, -0.2) is 0 Å². The van der Waals surface area contributed by atoms with Crippen LogP contribution in [0.2, 0.25) is 0 Å². The number of nitrogens with one attached hydrogen (secondary N) is 1. The van der Waals surface area contributed by atoms with E-state index in [1.165, 1.54) is 11.1 Å². The van der Waals surface area contributed by atoms with Gasteiger partial charge in [-0.15, -0.1) is 0 Å². The van der Waals surface area contributed by atoms with E-state index in [1.807, 2.05) is 6.07 Å². The third kappa shape index (κ3) is 5.71. The molecule has 3 rings (SSSR count). The van der Waals surface area contributed by atoms with Crippen molar-refractivity contribution in [2.75, 3.05) is 19.6 Å². The van der Waals surface area contributed by atoms with Gasteiger partial charge >= 0.3 is 0 Å². The third-order valence-electron chi connectivity index (χ3n) is 4.99. The SMILES string of the molecule is O=C(NCCCc1ccccc1)C1CCN(Cc2ccccc2)CC1. The molecule has 0 saturated carbocycles. The number of hydrogen-bond acceptors (Lipinski definition) is 2. The maximum Gasteiger partial charge on any atom is 0.223 e. The predicted molar refractivity (Wildman–Crippen MR) is 102 cm³/mol. The van der Waals surface area contributed by atoms with Crippen molar-refractivity contribution in [3.63, 3.8) is 0 Å². The predicted octanol–water partition coefficient (Wildman–Crippen LogP) is 3.65. The number of amides is 1. The fourth-order valence-electron chi connectivity index (χ4n) is 3.49. The highest BCUT2D eigenvalue weighted by Crippen LogP contribution is 2.19. The lowest BCUT2D eigenvalue weighted by atomic mass is 9.95. The smallest absolute Gasteiger partial charge is 0.223 e. The molecule has 0 bridgehead atoms. The van der Waals surface area contributed by atoms with E-state index in [4.69, 9.17) is 0 Å². The second-order valence-corrected chi connectivity index (χ2v) is 6.92. The van der Waals surface area contributed by atoms with Gasteiger partial charge < -0.3 is 5.32 Å². The van der Waals surface area contributed by atoms with Gasteiger partial charge in [0.15, 0.2) is 0 Å². The van der Waals surface area contributed by atoms with Gasteiger partial charge in [0.2, 0.25) is 5.91 Å². The molecule has 0 spiro atoms. The standard InChI is InChI=1S/C22H28N2O/c25-22(23-15-7-12-19-8-3-1-4-9-19)21-13-16-24(17-14-21)18-20-10-5-2-6-11-20/h1-6,8-11,21H,7,12-18H2,(H,23,25). The van der Waals surface area contributed by atoms with Crippen LogP contribution in [0.1, 0.15) is 30.4 Å². The Morgan fingerprint density at radius 1 is 0.920 bits per heavy atom. The molecule has 2 aromatic rings. The molecule has 1 amide bonds. The highest BCUT2D eigenvalue weighted by Gasteiger charge is 2.24. The van der Waals surface area contributed by atoms with Crippen molar-refractivity contribution < 1.29 is 4.79 Å². The summed E-state index contributed by atoms with van der Waals surface area (Å²) >= 11 is 0. The molecule has 3 heteroatoms. The molecule has 1 aliphatic heterocycles. The topological polar surface area (TPSA) is 32.3 Å². The van der Waals surface area contributed by atoms with Gasteiger partial charge in [-0.2, -0.15) is 0 Å². The first kappa shape index (κ1) is 17.7. The van der Waals surface area contributed by atoms with Crippen LogP contribution in [0, 0.1) is 5.92 Å². The molecule has 1 aliphatic rings. The number of carbonyl (C=O) groups is 1. The normalized spacial score (nSPS) is 15.8. The maximum atomic E-state index is 12.3. The molecule has 0 radical (unpaired) electrons. The van der Waals surface area contributed by atoms with Crippen molar-refractivity contribution in [2.45, 2.75) is 32.2 Å². The Hall–Kier alpha value is -2.13. The fourth-order valence-corrected chi connectivity index (χ4v) is 3.49. The molecular formula is C22H28N2O. The minimum absolute atomic E-state index is 0.184. The zero-order valence-corrected chi connectivity index (χ0v) is 14.9. The average Bonchev–Trinajstić information content (AvgIpc) is 2.67. The van der Waals surface area contributed by atoms with E-state index in [0.717, 1.165) is 51.9 Å². The number of carbonyl (C=O) groups excluding carboxylic acids is 1. The first-order chi connectivity index (χ1) is 12.3. The summed E-state index contributed by atoms with van der Waals surface area (Å²) in [5.41, 5.74) is 2.69. The molecule has 1 heterocycles. The summed E-state index contributed by atoms with van der Waals surface area (Å²) in [4.78, 5) is 14.8. The summed E-state index contributed by atoms with van der Waals surface area (Å²) in [7, 11) is 0. The Morgan fingerprint density at radius 3 is 2.16 bits per heavy atom. The van der Waals surface area contributed by atoms with Crippen molar-refractivity contribution in [3.8, 4) is 0 Å². The summed E-state index contributed by atoms with van der Waals surface area (Å²) in [5.74, 6) is 0.427. The molecule has 2 aromatic carbocycles. The Morgan fingerprint density at radius 2 is 1.52 bits per heavy atom. The van der Waals surface area contributed by atoms with Gasteiger partial charge in [0.05, 0.1) is 0 Å². The summed E-state index contributed by atoms with van der Waals surface area (Å²) in [6.45, 7) is 3.79. The Balaban J connectivity index is 1.33. The van der Waals surface area contributed by atoms with Crippen LogP contribution >= 0.6 is 0 Å². The average molecular weight is 336 g/mol. The maximum absolute atomic E-state index is 12.3. The molecule has 1 fully saturated rings. The lowest BCUT2D eigenvalue weighted by molar-refractivity contribution is -0.126. The molecule has 0 unspecified atom stereocenters. The van der Waals surface area contributed by atoms with E-state index >= 15 is 0 Å². The highest BCUT2D eigenvalue weighted by atomic mass is 16.1. The van der Waals surface area contributed by atoms with E-state index in [0.29, 0.717) is 0 Å². The highest BCUT2D eigenvalue weighted by molar-refractivity contribution is 5.78. The number of likely N-dealkylation sites (tertiary alicyclic amines) is 1. The van der Waals surface area contributed by atoms with Crippen LogP contribution in [-0.4, -0.2) is 30.4 Å². The largest absolute Gasteiger partial charge is 0.356 e. The lowest BCUT2D eigenvalue weighted by Crippen LogP contribution is -2.40. The van der Waals surface area contributed by atoms with Crippen LogP contribution in [0.25, 0.3) is 0 Å². The Bertz CT molecular complexity index is 634. The van der Waals surface area contributed by atoms with Crippen LogP contribution in [0.15, 0.2) is 60.7 Å². The monoisotopic (exact) mass is 336 g/mol. The van der Waals surface area contributed by atoms with Gasteiger partial charge in [0.25, 0.3) is 0 Å². The molecule has 1 saturated heterocycles. The number of nitrogens with zero attached hydrogens (tertiary/aromatic N) is 1. The second-order valence-electron chi connectivity index (χ2n) is 6.92. The molecule has 132 valence electrons. The van der Waals surface area contributed by atoms with Gasteiger partial charge in [-0.05, 0) is 49.9 Å². The first-order valence-electron chi connectivity index (χ1n) is 9.39. The molecule has 25 heavy (non-hydrogen) atoms. The van der Waals surface area contributed by atoms with E-state index in [2.05, 4.69) is 64.8 Å². The molecule has 3 nitrogen and oxygen atoms in total. The molecule has 0 aromatic heterocycles. The van der Waals surface area contributed by atoms with Gasteiger partial charge in [0, 0.05) is 19.0 Å². The zero-order chi connectivity index (χ0) is 17.3. The van der Waals surface area contributed by atoms with E-state index < -0.39 is 0 Å². The minimum atomic E-state index is 0.184. The lowest BCUT2D eigenvalue weighted by Gasteiger charge is -2.31. The van der Waals surface area contributed by atoms with Crippen molar-refractivity contribution >= 4 is 5.91 Å². The first-order valence-corrected chi connectivity index (χ1v) is 9.39. The molecule has 0 aliphatic carbocycles. The van der Waals surface area contributed by atoms with Crippen molar-refractivity contribution in [1.29, 1.82) is 0 Å². The number of aryl methyl sites for hydroxylation is 1. The fraction of sp³-hybridized carbons (Fsp3) is 0.409. The summed E-state index contributed by atoms with van der Waals surface area (Å²) in [6, 6.07) is 21.0. The molecule has 1 N–H and O–H groups in total. The number of rotatable bonds is 7. The molecule has 0 atom stereocenters. The van der Waals surface area contributed by atoms with Crippen LogP contribution in [0.5, 0.6) is 0 Å². The van der Waals surface area contributed by atoms with Crippen LogP contribution < -0.4 is 5.32 Å². The van der Waals surface area contributed by atoms with Crippen molar-refractivity contribution in [1.82, 2.24) is 10.2 Å². The van der Waals surface area contributed by atoms with Crippen LogP contribution in [0.3, 0.4) is 0 Å². The van der Waals surface area contributed by atoms with E-state index in [9.17, 15) is 4.79 Å². The van der Waals surface area contributed by atoms with Crippen molar-refractivity contribution in [2.24, 2.45) is 5.92 Å². The third-order valence-corrected chi connectivity index (χ3v) is 4.99. The van der Waals surface area contributed by atoms with E-state index in [-0.39, 0.29) is 11.8 Å². The van der Waals surface area contributed by atoms with E-state index in [1.54, 1.807) is 0 Å². The second kappa shape index (κ2) is 9.38. The minimum Gasteiger partial charge on any atom is -0.356 e. The Labute approximate surface area is 151 Å². The Kier molecular flexibility index (Phi) is 6.63. The van der Waals surface area contributed by atoms with Crippen molar-refractivity contribution in [3.05, 3.63) is 71.8 Å². The van der Waals surface area contributed by atoms with Crippen LogP contribution in [0.4, 0.5) is 0 Å².